The molecule has 0 aliphatic heterocycles. The topological polar surface area (TPSA) is 72.2 Å². The summed E-state index contributed by atoms with van der Waals surface area (Å²) in [5, 5.41) is 9.10. The van der Waals surface area contributed by atoms with Crippen molar-refractivity contribution in [2.45, 2.75) is 50.7 Å². The molecule has 2 aromatic carbocycles. The Morgan fingerprint density at radius 3 is 2.79 bits per heavy atom. The summed E-state index contributed by atoms with van der Waals surface area (Å²) in [6.07, 6.45) is 3.81. The zero-order chi connectivity index (χ0) is 23.7. The van der Waals surface area contributed by atoms with Gasteiger partial charge in [-0.3, -0.25) is 4.79 Å². The van der Waals surface area contributed by atoms with Crippen LogP contribution in [0, 0.1) is 13.8 Å². The van der Waals surface area contributed by atoms with Crippen LogP contribution in [0.5, 0.6) is 0 Å². The van der Waals surface area contributed by atoms with E-state index in [9.17, 15) is 4.79 Å². The van der Waals surface area contributed by atoms with Gasteiger partial charge in [0.25, 0.3) is 5.78 Å². The van der Waals surface area contributed by atoms with E-state index in [1.807, 2.05) is 44.2 Å². The molecule has 0 radical (unpaired) electrons. The highest BCUT2D eigenvalue weighted by Crippen LogP contribution is 2.30. The molecule has 2 aromatic heterocycles. The zero-order valence-electron chi connectivity index (χ0n) is 19.2. The van der Waals surface area contributed by atoms with Gasteiger partial charge in [-0.05, 0) is 61.4 Å². The molecule has 0 fully saturated rings. The van der Waals surface area contributed by atoms with Crippen molar-refractivity contribution < 1.29 is 4.79 Å². The highest BCUT2D eigenvalue weighted by atomic mass is 35.5. The van der Waals surface area contributed by atoms with Crippen LogP contribution in [0.3, 0.4) is 0 Å². The van der Waals surface area contributed by atoms with Gasteiger partial charge in [0.2, 0.25) is 11.1 Å². The Morgan fingerprint density at radius 2 is 1.94 bits per heavy atom. The lowest BCUT2D eigenvalue weighted by Gasteiger charge is -2.26. The van der Waals surface area contributed by atoms with Crippen LogP contribution in [0.15, 0.2) is 53.7 Å². The molecule has 6 nitrogen and oxygen atoms in total. The fraction of sp³-hybridized carbons (Fsp3) is 0.308. The summed E-state index contributed by atoms with van der Waals surface area (Å²) < 4.78 is 1.76. The fourth-order valence-corrected chi connectivity index (χ4v) is 5.44. The fourth-order valence-electron chi connectivity index (χ4n) is 4.61. The number of carbonyl (C=O) groups is 1. The lowest BCUT2D eigenvalue weighted by Crippen LogP contribution is -2.32. The van der Waals surface area contributed by atoms with Gasteiger partial charge in [-0.25, -0.2) is 9.50 Å². The number of hydrogen-bond donors (Lipinski definition) is 1. The Morgan fingerprint density at radius 1 is 1.15 bits per heavy atom. The highest BCUT2D eigenvalue weighted by Gasteiger charge is 2.22. The molecule has 1 aliphatic rings. The minimum atomic E-state index is -0.00849. The summed E-state index contributed by atoms with van der Waals surface area (Å²) in [5.41, 5.74) is 6.58. The Kier molecular flexibility index (Phi) is 6.57. The molecule has 1 atom stereocenters. The largest absolute Gasteiger partial charge is 0.349 e. The third-order valence-corrected chi connectivity index (χ3v) is 7.60. The molecule has 2 heterocycles. The number of carbonyl (C=O) groups excluding carboxylic acids is 1. The van der Waals surface area contributed by atoms with Crippen molar-refractivity contribution in [2.24, 2.45) is 0 Å². The molecule has 34 heavy (non-hydrogen) atoms. The van der Waals surface area contributed by atoms with Gasteiger partial charge in [0.05, 0.1) is 11.8 Å². The first-order valence-electron chi connectivity index (χ1n) is 11.5. The maximum atomic E-state index is 12.7. The van der Waals surface area contributed by atoms with E-state index in [0.717, 1.165) is 46.8 Å². The van der Waals surface area contributed by atoms with E-state index in [1.54, 1.807) is 4.52 Å². The number of benzene rings is 2. The Labute approximate surface area is 208 Å². The maximum absolute atomic E-state index is 12.7. The number of amides is 1. The van der Waals surface area contributed by atoms with E-state index < -0.39 is 0 Å². The molecule has 5 rings (SSSR count). The predicted octanol–water partition coefficient (Wildman–Crippen LogP) is 5.27. The second-order valence-electron chi connectivity index (χ2n) is 8.64. The third-order valence-electron chi connectivity index (χ3n) is 6.39. The Hall–Kier alpha value is -2.90. The second kappa shape index (κ2) is 9.76. The van der Waals surface area contributed by atoms with Gasteiger partial charge >= 0.3 is 0 Å². The molecule has 1 aliphatic carbocycles. The standard InChI is InChI=1S/C26H26ClN5OS/c1-16-21(14-19-9-4-6-12-22(19)27)17(2)32-25(28-16)30-26(31-32)34-15-24(33)29-23-13-7-10-18-8-3-5-11-20(18)23/h3-6,8-9,11-12,23H,7,10,13-15H2,1-2H3,(H,29,33)/t23-/m1/s1. The van der Waals surface area contributed by atoms with E-state index in [1.165, 1.54) is 22.9 Å². The van der Waals surface area contributed by atoms with E-state index >= 15 is 0 Å². The summed E-state index contributed by atoms with van der Waals surface area (Å²) in [6, 6.07) is 16.3. The van der Waals surface area contributed by atoms with E-state index in [2.05, 4.69) is 38.6 Å². The number of fused-ring (bicyclic) bond motifs is 2. The van der Waals surface area contributed by atoms with Crippen LogP contribution in [0.25, 0.3) is 5.78 Å². The molecule has 1 N–H and O–H groups in total. The van der Waals surface area contributed by atoms with Gasteiger partial charge < -0.3 is 5.32 Å². The first-order valence-corrected chi connectivity index (χ1v) is 12.8. The van der Waals surface area contributed by atoms with E-state index in [4.69, 9.17) is 11.6 Å². The molecule has 0 saturated heterocycles. The van der Waals surface area contributed by atoms with Crippen LogP contribution >= 0.6 is 23.4 Å². The van der Waals surface area contributed by atoms with Crippen molar-refractivity contribution in [3.63, 3.8) is 0 Å². The van der Waals surface area contributed by atoms with Crippen LogP contribution in [0.1, 0.15) is 52.5 Å². The maximum Gasteiger partial charge on any atom is 0.253 e. The number of hydrogen-bond acceptors (Lipinski definition) is 5. The van der Waals surface area contributed by atoms with Crippen molar-refractivity contribution in [1.82, 2.24) is 24.9 Å². The third kappa shape index (κ3) is 4.68. The highest BCUT2D eigenvalue weighted by molar-refractivity contribution is 7.99. The number of aromatic nitrogens is 4. The van der Waals surface area contributed by atoms with Crippen LogP contribution in [0.2, 0.25) is 5.02 Å². The van der Waals surface area contributed by atoms with E-state index in [0.29, 0.717) is 17.4 Å². The Bertz CT molecular complexity index is 1370. The second-order valence-corrected chi connectivity index (χ2v) is 9.99. The molecule has 0 spiro atoms. The smallest absolute Gasteiger partial charge is 0.253 e. The molecule has 0 saturated carbocycles. The lowest BCUT2D eigenvalue weighted by atomic mass is 9.88. The zero-order valence-corrected chi connectivity index (χ0v) is 20.8. The first-order chi connectivity index (χ1) is 16.5. The van der Waals surface area contributed by atoms with Crippen molar-refractivity contribution in [3.05, 3.63) is 87.2 Å². The summed E-state index contributed by atoms with van der Waals surface area (Å²) in [4.78, 5) is 21.9. The number of nitrogens with zero attached hydrogens (tertiary/aromatic N) is 4. The molecule has 4 aromatic rings. The average Bonchev–Trinajstić information content (AvgIpc) is 3.25. The minimum Gasteiger partial charge on any atom is -0.349 e. The van der Waals surface area contributed by atoms with Crippen LogP contribution in [-0.2, 0) is 17.6 Å². The Balaban J connectivity index is 1.29. The number of nitrogens with one attached hydrogen (secondary N) is 1. The normalized spacial score (nSPS) is 15.3. The SMILES string of the molecule is Cc1nc2nc(SCC(=O)N[C@@H]3CCCc4ccccc43)nn2c(C)c1Cc1ccccc1Cl. The van der Waals surface area contributed by atoms with Gasteiger partial charge in [-0.15, -0.1) is 5.10 Å². The molecule has 1 amide bonds. The summed E-state index contributed by atoms with van der Waals surface area (Å²) >= 11 is 7.71. The summed E-state index contributed by atoms with van der Waals surface area (Å²) in [7, 11) is 0. The molecule has 8 heteroatoms. The monoisotopic (exact) mass is 491 g/mol. The van der Waals surface area contributed by atoms with E-state index in [-0.39, 0.29) is 17.7 Å². The number of rotatable bonds is 6. The summed E-state index contributed by atoms with van der Waals surface area (Å²) in [5.74, 6) is 0.799. The van der Waals surface area contributed by atoms with Crippen molar-refractivity contribution >= 4 is 35.0 Å². The average molecular weight is 492 g/mol. The predicted molar refractivity (Wildman–Crippen MR) is 136 cm³/mol. The lowest BCUT2D eigenvalue weighted by molar-refractivity contribution is -0.119. The minimum absolute atomic E-state index is 0.00849. The first kappa shape index (κ1) is 22.9. The molecule has 0 unspecified atom stereocenters. The number of aryl methyl sites for hydroxylation is 3. The number of halogens is 1. The van der Waals surface area contributed by atoms with Gasteiger partial charge in [0.1, 0.15) is 0 Å². The molecule has 174 valence electrons. The van der Waals surface area contributed by atoms with Gasteiger partial charge in [-0.1, -0.05) is 65.8 Å². The van der Waals surface area contributed by atoms with Gasteiger partial charge in [0, 0.05) is 22.8 Å². The molecular formula is C26H26ClN5OS. The van der Waals surface area contributed by atoms with Gasteiger partial charge in [-0.2, -0.15) is 4.98 Å². The number of thioether (sulfide) groups is 1. The van der Waals surface area contributed by atoms with Gasteiger partial charge in [0.15, 0.2) is 0 Å². The molecule has 0 bridgehead atoms. The van der Waals surface area contributed by atoms with Crippen LogP contribution in [-0.4, -0.2) is 31.2 Å². The quantitative estimate of drug-likeness (QED) is 0.372. The van der Waals surface area contributed by atoms with Crippen molar-refractivity contribution in [2.75, 3.05) is 5.75 Å². The van der Waals surface area contributed by atoms with Crippen molar-refractivity contribution in [3.8, 4) is 0 Å². The van der Waals surface area contributed by atoms with Crippen LogP contribution in [0.4, 0.5) is 0 Å². The summed E-state index contributed by atoms with van der Waals surface area (Å²) in [6.45, 7) is 4.00. The van der Waals surface area contributed by atoms with Crippen molar-refractivity contribution in [1.29, 1.82) is 0 Å². The van der Waals surface area contributed by atoms with Crippen LogP contribution < -0.4 is 5.32 Å². The molecular weight excluding hydrogens is 466 g/mol.